The lowest BCUT2D eigenvalue weighted by Crippen LogP contribution is -2.47. The number of hydrogen-bond donors (Lipinski definition) is 0. The molecule has 2 bridgehead atoms. The van der Waals surface area contributed by atoms with Gasteiger partial charge in [-0.15, -0.1) is 0 Å². The van der Waals surface area contributed by atoms with Crippen molar-refractivity contribution in [2.24, 2.45) is 34.5 Å². The fourth-order valence-corrected chi connectivity index (χ4v) is 6.79. The van der Waals surface area contributed by atoms with Gasteiger partial charge in [0.25, 0.3) is 0 Å². The van der Waals surface area contributed by atoms with Crippen molar-refractivity contribution < 1.29 is 23.8 Å². The molecule has 27 heavy (non-hydrogen) atoms. The fourth-order valence-electron chi connectivity index (χ4n) is 6.79. The molecule has 0 radical (unpaired) electrons. The molecular formula is C22H32O5. The molecule has 0 spiro atoms. The van der Waals surface area contributed by atoms with Crippen LogP contribution in [0, 0.1) is 34.5 Å². The van der Waals surface area contributed by atoms with Gasteiger partial charge in [0.2, 0.25) is 12.6 Å². The Bertz CT molecular complexity index is 668. The third kappa shape index (κ3) is 2.93. The van der Waals surface area contributed by atoms with Gasteiger partial charge in [0.05, 0.1) is 6.42 Å². The van der Waals surface area contributed by atoms with Crippen LogP contribution in [0.15, 0.2) is 12.2 Å². The molecule has 4 aliphatic rings. The highest BCUT2D eigenvalue weighted by Crippen LogP contribution is 2.65. The summed E-state index contributed by atoms with van der Waals surface area (Å²) in [5.74, 6) is 0.244. The second-order valence-electron chi connectivity index (χ2n) is 9.99. The fraction of sp³-hybridized carbons (Fsp3) is 0.818. The Morgan fingerprint density at radius 1 is 1.26 bits per heavy atom. The van der Waals surface area contributed by atoms with Crippen LogP contribution in [0.1, 0.15) is 66.2 Å². The van der Waals surface area contributed by atoms with Gasteiger partial charge in [-0.3, -0.25) is 9.59 Å². The number of allylic oxidation sites excluding steroid dienone is 1. The number of fused-ring (bicyclic) bond motifs is 3. The summed E-state index contributed by atoms with van der Waals surface area (Å²) < 4.78 is 17.0. The Morgan fingerprint density at radius 2 is 2.00 bits per heavy atom. The molecule has 4 rings (SSSR count). The predicted octanol–water partition coefficient (Wildman–Crippen LogP) is 4.21. The maximum Gasteiger partial charge on any atom is 0.308 e. The zero-order valence-electron chi connectivity index (χ0n) is 17.0. The van der Waals surface area contributed by atoms with Crippen molar-refractivity contribution in [1.82, 2.24) is 0 Å². The van der Waals surface area contributed by atoms with Gasteiger partial charge in [0, 0.05) is 18.8 Å². The molecule has 4 fully saturated rings. The van der Waals surface area contributed by atoms with Crippen LogP contribution < -0.4 is 0 Å². The number of ether oxygens (including phenoxy) is 3. The van der Waals surface area contributed by atoms with Crippen molar-refractivity contribution in [3.8, 4) is 0 Å². The predicted molar refractivity (Wildman–Crippen MR) is 99.2 cm³/mol. The van der Waals surface area contributed by atoms with Crippen LogP contribution in [0.4, 0.5) is 0 Å². The number of carbonyl (C=O) groups is 2. The Morgan fingerprint density at radius 3 is 2.70 bits per heavy atom. The lowest BCUT2D eigenvalue weighted by Gasteiger charge is -2.46. The molecule has 0 amide bonds. The summed E-state index contributed by atoms with van der Waals surface area (Å²) in [5, 5.41) is 0. The van der Waals surface area contributed by atoms with Crippen molar-refractivity contribution in [3.63, 3.8) is 0 Å². The van der Waals surface area contributed by atoms with E-state index in [0.29, 0.717) is 11.8 Å². The quantitative estimate of drug-likeness (QED) is 0.534. The van der Waals surface area contributed by atoms with Gasteiger partial charge < -0.3 is 14.2 Å². The van der Waals surface area contributed by atoms with Crippen LogP contribution in [-0.4, -0.2) is 24.5 Å². The van der Waals surface area contributed by atoms with E-state index in [0.717, 1.165) is 19.3 Å². The van der Waals surface area contributed by atoms with Gasteiger partial charge in [0.15, 0.2) is 0 Å². The van der Waals surface area contributed by atoms with Gasteiger partial charge >= 0.3 is 11.9 Å². The number of hydrogen-bond acceptors (Lipinski definition) is 5. The van der Waals surface area contributed by atoms with Gasteiger partial charge in [-0.1, -0.05) is 32.9 Å². The highest BCUT2D eigenvalue weighted by molar-refractivity contribution is 5.71. The minimum atomic E-state index is -0.688. The lowest BCUT2D eigenvalue weighted by molar-refractivity contribution is -0.213. The van der Waals surface area contributed by atoms with Crippen molar-refractivity contribution in [1.29, 1.82) is 0 Å². The topological polar surface area (TPSA) is 61.8 Å². The highest BCUT2D eigenvalue weighted by Gasteiger charge is 2.64. The first-order valence-corrected chi connectivity index (χ1v) is 10.3. The van der Waals surface area contributed by atoms with Crippen LogP contribution in [0.2, 0.25) is 0 Å². The van der Waals surface area contributed by atoms with E-state index in [4.69, 9.17) is 14.2 Å². The van der Waals surface area contributed by atoms with Crippen LogP contribution >= 0.6 is 0 Å². The molecule has 0 aromatic rings. The third-order valence-corrected chi connectivity index (χ3v) is 7.94. The standard InChI is InChI=1S/C22H32O5/c1-12-7-6-9-21(3,4)15-8-10-22(5,17(12)15)18-14-11-16(24)26-20(18)27-19(14)25-13(2)23/h14-15,17-20H,1,6-11H2,2-5H3/t14?,15-,17-,18?,19-,20?,22-/m1/s1. The maximum absolute atomic E-state index is 12.1. The average Bonchev–Trinajstić information content (AvgIpc) is 2.97. The smallest absolute Gasteiger partial charge is 0.308 e. The zero-order valence-corrected chi connectivity index (χ0v) is 17.0. The van der Waals surface area contributed by atoms with Crippen LogP contribution in [0.25, 0.3) is 0 Å². The zero-order chi connectivity index (χ0) is 19.6. The molecule has 7 atom stereocenters. The number of esters is 2. The van der Waals surface area contributed by atoms with E-state index in [2.05, 4.69) is 27.4 Å². The Balaban J connectivity index is 1.70. The first-order valence-electron chi connectivity index (χ1n) is 10.3. The summed E-state index contributed by atoms with van der Waals surface area (Å²) >= 11 is 0. The molecule has 0 aromatic heterocycles. The van der Waals surface area contributed by atoms with Crippen LogP contribution in [0.5, 0.6) is 0 Å². The lowest BCUT2D eigenvalue weighted by atomic mass is 9.59. The molecule has 2 aliphatic carbocycles. The molecule has 2 aliphatic heterocycles. The third-order valence-electron chi connectivity index (χ3n) is 7.94. The van der Waals surface area contributed by atoms with E-state index < -0.39 is 12.6 Å². The molecule has 2 saturated carbocycles. The maximum atomic E-state index is 12.1. The summed E-state index contributed by atoms with van der Waals surface area (Å²) in [6, 6.07) is 0. The van der Waals surface area contributed by atoms with Crippen molar-refractivity contribution in [2.75, 3.05) is 0 Å². The van der Waals surface area contributed by atoms with E-state index in [9.17, 15) is 9.59 Å². The molecule has 5 nitrogen and oxygen atoms in total. The highest BCUT2D eigenvalue weighted by atomic mass is 16.8. The molecule has 0 aromatic carbocycles. The van der Waals surface area contributed by atoms with E-state index in [1.807, 2.05) is 0 Å². The monoisotopic (exact) mass is 376 g/mol. The number of rotatable bonds is 2. The molecular weight excluding hydrogens is 344 g/mol. The molecule has 150 valence electrons. The van der Waals surface area contributed by atoms with Crippen LogP contribution in [0.3, 0.4) is 0 Å². The first kappa shape index (κ1) is 19.0. The largest absolute Gasteiger partial charge is 0.435 e. The number of carbonyl (C=O) groups excluding carboxylic acids is 2. The Kier molecular flexibility index (Phi) is 4.45. The van der Waals surface area contributed by atoms with E-state index in [1.54, 1.807) is 0 Å². The molecule has 2 heterocycles. The summed E-state index contributed by atoms with van der Waals surface area (Å²) in [5.41, 5.74) is 1.56. The average molecular weight is 376 g/mol. The van der Waals surface area contributed by atoms with Crippen molar-refractivity contribution in [2.45, 2.75) is 78.8 Å². The van der Waals surface area contributed by atoms with Crippen LogP contribution in [-0.2, 0) is 23.8 Å². The second-order valence-corrected chi connectivity index (χ2v) is 9.99. The van der Waals surface area contributed by atoms with Gasteiger partial charge in [-0.05, 0) is 54.8 Å². The minimum absolute atomic E-state index is 0.0419. The van der Waals surface area contributed by atoms with Crippen molar-refractivity contribution in [3.05, 3.63) is 12.2 Å². The SMILES string of the molecule is C=C1CCCC(C)(C)[C@@H]2CC[C@@](C)(C3C4OC(=O)CC3[C@H](OC(C)=O)O4)[C@H]12. The van der Waals surface area contributed by atoms with Crippen molar-refractivity contribution >= 4 is 11.9 Å². The van der Waals surface area contributed by atoms with Gasteiger partial charge in [-0.2, -0.15) is 0 Å². The summed E-state index contributed by atoms with van der Waals surface area (Å²) in [4.78, 5) is 23.6. The van der Waals surface area contributed by atoms with E-state index in [1.165, 1.54) is 25.3 Å². The van der Waals surface area contributed by atoms with E-state index >= 15 is 0 Å². The normalized spacial score (nSPS) is 45.8. The Hall–Kier alpha value is -1.36. The molecule has 2 saturated heterocycles. The molecule has 5 heteroatoms. The summed E-state index contributed by atoms with van der Waals surface area (Å²) in [6.45, 7) is 13.0. The summed E-state index contributed by atoms with van der Waals surface area (Å²) in [7, 11) is 0. The van der Waals surface area contributed by atoms with E-state index in [-0.39, 0.29) is 41.0 Å². The van der Waals surface area contributed by atoms with Gasteiger partial charge in [0.1, 0.15) is 0 Å². The second kappa shape index (κ2) is 6.33. The Labute approximate surface area is 161 Å². The molecule has 0 N–H and O–H groups in total. The summed E-state index contributed by atoms with van der Waals surface area (Å²) in [6.07, 6.45) is 4.65. The first-order chi connectivity index (χ1) is 12.6. The van der Waals surface area contributed by atoms with Gasteiger partial charge in [-0.25, -0.2) is 0 Å². The minimum Gasteiger partial charge on any atom is -0.435 e. The molecule has 3 unspecified atom stereocenters.